The molecule has 1 heterocycles. The molecule has 0 spiro atoms. The number of nitrogens with one attached hydrogen (secondary N) is 1. The van der Waals surface area contributed by atoms with Crippen LogP contribution in [0.2, 0.25) is 0 Å². The number of anilines is 2. The maximum absolute atomic E-state index is 13.1. The summed E-state index contributed by atoms with van der Waals surface area (Å²) in [7, 11) is -3.78. The number of hydrogen-bond acceptors (Lipinski definition) is 7. The van der Waals surface area contributed by atoms with Crippen molar-refractivity contribution in [1.82, 2.24) is 4.98 Å². The van der Waals surface area contributed by atoms with E-state index in [1.54, 1.807) is 45.0 Å². The first-order valence-electron chi connectivity index (χ1n) is 9.91. The number of esters is 1. The molecule has 1 N–H and O–H groups in total. The first kappa shape index (κ1) is 23.4. The molecule has 0 bridgehead atoms. The van der Waals surface area contributed by atoms with Crippen LogP contribution in [0.25, 0.3) is 0 Å². The van der Waals surface area contributed by atoms with Gasteiger partial charge in [0.05, 0.1) is 22.9 Å². The Morgan fingerprint density at radius 2 is 1.72 bits per heavy atom. The molecule has 168 valence electrons. The van der Waals surface area contributed by atoms with E-state index in [4.69, 9.17) is 4.74 Å². The van der Waals surface area contributed by atoms with Gasteiger partial charge < -0.3 is 4.74 Å². The van der Waals surface area contributed by atoms with Crippen LogP contribution in [-0.2, 0) is 14.8 Å². The fraction of sp³-hybridized carbons (Fsp3) is 0.227. The molecule has 2 aromatic carbocycles. The van der Waals surface area contributed by atoms with Gasteiger partial charge in [-0.2, -0.15) is 0 Å². The SMILES string of the molecule is CCOC(=O)c1sc(NC(=O)c2ccc(S(=O)(=O)N(CC)c3ccccc3)cc2)nc1C. The number of aromatic nitrogens is 1. The summed E-state index contributed by atoms with van der Waals surface area (Å²) in [5.74, 6) is -0.954. The number of rotatable bonds is 8. The summed E-state index contributed by atoms with van der Waals surface area (Å²) in [5, 5.41) is 2.89. The Labute approximate surface area is 190 Å². The number of thiazole rings is 1. The van der Waals surface area contributed by atoms with Crippen LogP contribution < -0.4 is 9.62 Å². The Kier molecular flexibility index (Phi) is 7.26. The van der Waals surface area contributed by atoms with Crippen LogP contribution >= 0.6 is 11.3 Å². The van der Waals surface area contributed by atoms with Crippen LogP contribution in [0.4, 0.5) is 10.8 Å². The lowest BCUT2D eigenvalue weighted by Crippen LogP contribution is -2.30. The minimum absolute atomic E-state index is 0.0782. The van der Waals surface area contributed by atoms with Gasteiger partial charge in [0.2, 0.25) is 0 Å². The Balaban J connectivity index is 1.77. The van der Waals surface area contributed by atoms with Gasteiger partial charge in [-0.1, -0.05) is 29.5 Å². The first-order chi connectivity index (χ1) is 15.3. The summed E-state index contributed by atoms with van der Waals surface area (Å²) in [5.41, 5.74) is 1.29. The predicted molar refractivity (Wildman–Crippen MR) is 124 cm³/mol. The minimum atomic E-state index is -3.78. The molecule has 10 heteroatoms. The molecule has 8 nitrogen and oxygen atoms in total. The van der Waals surface area contributed by atoms with Gasteiger partial charge in [-0.25, -0.2) is 18.2 Å². The topological polar surface area (TPSA) is 106 Å². The van der Waals surface area contributed by atoms with Crippen LogP contribution in [0.1, 0.15) is 39.6 Å². The maximum Gasteiger partial charge on any atom is 0.350 e. The lowest BCUT2D eigenvalue weighted by atomic mass is 10.2. The fourth-order valence-corrected chi connectivity index (χ4v) is 5.33. The molecule has 0 aliphatic carbocycles. The zero-order valence-corrected chi connectivity index (χ0v) is 19.5. The van der Waals surface area contributed by atoms with Gasteiger partial charge in [-0.05, 0) is 57.2 Å². The van der Waals surface area contributed by atoms with E-state index >= 15 is 0 Å². The number of ether oxygens (including phenoxy) is 1. The van der Waals surface area contributed by atoms with Gasteiger partial charge in [-0.3, -0.25) is 14.4 Å². The third kappa shape index (κ3) is 4.97. The summed E-state index contributed by atoms with van der Waals surface area (Å²) in [6.07, 6.45) is 0. The Morgan fingerprint density at radius 3 is 2.31 bits per heavy atom. The molecule has 0 atom stereocenters. The second kappa shape index (κ2) is 9.92. The molecule has 0 unspecified atom stereocenters. The quantitative estimate of drug-likeness (QED) is 0.494. The third-order valence-corrected chi connectivity index (χ3v) is 7.48. The first-order valence-corrected chi connectivity index (χ1v) is 12.2. The number of carbonyl (C=O) groups is 2. The number of hydrogen-bond donors (Lipinski definition) is 1. The summed E-state index contributed by atoms with van der Waals surface area (Å²) >= 11 is 1.02. The average Bonchev–Trinajstić information content (AvgIpc) is 3.15. The second-order valence-electron chi connectivity index (χ2n) is 6.64. The van der Waals surface area contributed by atoms with E-state index < -0.39 is 21.9 Å². The molecule has 0 aliphatic rings. The maximum atomic E-state index is 13.1. The number of carbonyl (C=O) groups excluding carboxylic acids is 2. The third-order valence-electron chi connectivity index (χ3n) is 4.51. The van der Waals surface area contributed by atoms with E-state index in [1.807, 2.05) is 6.07 Å². The van der Waals surface area contributed by atoms with Gasteiger partial charge in [0.1, 0.15) is 4.88 Å². The number of amides is 1. The molecule has 1 amide bonds. The highest BCUT2D eigenvalue weighted by Gasteiger charge is 2.24. The van der Waals surface area contributed by atoms with Crippen molar-refractivity contribution in [3.05, 3.63) is 70.7 Å². The highest BCUT2D eigenvalue weighted by molar-refractivity contribution is 7.92. The molecule has 0 saturated heterocycles. The van der Waals surface area contributed by atoms with Crippen LogP contribution in [-0.4, -0.2) is 38.4 Å². The van der Waals surface area contributed by atoms with Crippen molar-refractivity contribution in [2.75, 3.05) is 22.8 Å². The molecule has 32 heavy (non-hydrogen) atoms. The van der Waals surface area contributed by atoms with Crippen molar-refractivity contribution in [1.29, 1.82) is 0 Å². The zero-order valence-electron chi connectivity index (χ0n) is 17.9. The van der Waals surface area contributed by atoms with Crippen molar-refractivity contribution in [2.24, 2.45) is 0 Å². The normalized spacial score (nSPS) is 11.1. The monoisotopic (exact) mass is 473 g/mol. The lowest BCUT2D eigenvalue weighted by molar-refractivity contribution is 0.0531. The van der Waals surface area contributed by atoms with Gasteiger partial charge in [0.15, 0.2) is 5.13 Å². The smallest absolute Gasteiger partial charge is 0.350 e. The predicted octanol–water partition coefficient (Wildman–Crippen LogP) is 4.10. The molecular formula is C22H23N3O5S2. The van der Waals surface area contributed by atoms with E-state index in [9.17, 15) is 18.0 Å². The van der Waals surface area contributed by atoms with Gasteiger partial charge in [0, 0.05) is 12.1 Å². The number of aryl methyl sites for hydroxylation is 1. The summed E-state index contributed by atoms with van der Waals surface area (Å²) in [4.78, 5) is 29.1. The number of benzene rings is 2. The average molecular weight is 474 g/mol. The molecule has 0 saturated carbocycles. The van der Waals surface area contributed by atoms with Crippen molar-refractivity contribution in [3.63, 3.8) is 0 Å². The molecule has 1 aromatic heterocycles. The molecule has 3 aromatic rings. The molecule has 3 rings (SSSR count). The van der Waals surface area contributed by atoms with Crippen LogP contribution in [0, 0.1) is 6.92 Å². The van der Waals surface area contributed by atoms with Crippen molar-refractivity contribution >= 4 is 44.1 Å². The standard InChI is InChI=1S/C22H23N3O5S2/c1-4-25(17-9-7-6-8-10-17)32(28,29)18-13-11-16(12-14-18)20(26)24-22-23-15(3)19(31-22)21(27)30-5-2/h6-14H,4-5H2,1-3H3,(H,23,24,26). The lowest BCUT2D eigenvalue weighted by Gasteiger charge is -2.22. The molecule has 0 fully saturated rings. The van der Waals surface area contributed by atoms with Crippen LogP contribution in [0.15, 0.2) is 59.5 Å². The Hall–Kier alpha value is -3.24. The van der Waals surface area contributed by atoms with Crippen molar-refractivity contribution in [2.45, 2.75) is 25.7 Å². The largest absolute Gasteiger partial charge is 0.462 e. The van der Waals surface area contributed by atoms with Gasteiger partial charge in [0.25, 0.3) is 15.9 Å². The minimum Gasteiger partial charge on any atom is -0.462 e. The van der Waals surface area contributed by atoms with Crippen molar-refractivity contribution in [3.8, 4) is 0 Å². The van der Waals surface area contributed by atoms with E-state index in [-0.39, 0.29) is 28.7 Å². The zero-order chi connectivity index (χ0) is 23.3. The highest BCUT2D eigenvalue weighted by Crippen LogP contribution is 2.25. The summed E-state index contributed by atoms with van der Waals surface area (Å²) in [6, 6.07) is 14.5. The molecular weight excluding hydrogens is 450 g/mol. The van der Waals surface area contributed by atoms with E-state index in [0.29, 0.717) is 16.3 Å². The molecule has 0 aliphatic heterocycles. The van der Waals surface area contributed by atoms with E-state index in [0.717, 1.165) is 11.3 Å². The second-order valence-corrected chi connectivity index (χ2v) is 9.50. The van der Waals surface area contributed by atoms with Gasteiger partial charge >= 0.3 is 5.97 Å². The van der Waals surface area contributed by atoms with Crippen LogP contribution in [0.3, 0.4) is 0 Å². The Bertz CT molecular complexity index is 1210. The van der Waals surface area contributed by atoms with E-state index in [1.165, 1.54) is 28.6 Å². The number of sulfonamides is 1. The highest BCUT2D eigenvalue weighted by atomic mass is 32.2. The number of para-hydroxylation sites is 1. The Morgan fingerprint density at radius 1 is 1.06 bits per heavy atom. The van der Waals surface area contributed by atoms with Gasteiger partial charge in [-0.15, -0.1) is 0 Å². The molecule has 0 radical (unpaired) electrons. The summed E-state index contributed by atoms with van der Waals surface area (Å²) in [6.45, 7) is 5.63. The summed E-state index contributed by atoms with van der Waals surface area (Å²) < 4.78 is 32.4. The van der Waals surface area contributed by atoms with Crippen molar-refractivity contribution < 1.29 is 22.7 Å². The number of nitrogens with zero attached hydrogens (tertiary/aromatic N) is 2. The fourth-order valence-electron chi connectivity index (χ4n) is 3.00. The van der Waals surface area contributed by atoms with Crippen LogP contribution in [0.5, 0.6) is 0 Å². The van der Waals surface area contributed by atoms with E-state index in [2.05, 4.69) is 10.3 Å².